The summed E-state index contributed by atoms with van der Waals surface area (Å²) in [6, 6.07) is 7.71. The van der Waals surface area contributed by atoms with Crippen LogP contribution in [0.25, 0.3) is 33.6 Å². The number of aromatic nitrogens is 4. The van der Waals surface area contributed by atoms with Crippen LogP contribution in [-0.4, -0.2) is 93.1 Å². The fourth-order valence-corrected chi connectivity index (χ4v) is 8.22. The maximum atomic E-state index is 13.6. The van der Waals surface area contributed by atoms with E-state index in [0.29, 0.717) is 37.8 Å². The molecule has 0 fully saturated rings. The standard InChI is InChI=1S/C44H58N8O6/c1-9-15-51(41(53)39(25(3)4)49-43(55)57-7)23-35-45-21-33(47-35)31-17-27-11-13-29-19-32(20-30-14-12-28(18-31)37(27)38(29)30)34-22-46-36(48-34)24-52(16-10-2)42(54)40(26(5)6)50-44(56)58-8/h17-22,25-26,39-40H,9-16,23-24H2,1-8H3,(H,45,47)(H,46,48)(H,49,55)(H,50,56)/t39-,40-/m0/s1. The van der Waals surface area contributed by atoms with Crippen molar-refractivity contribution >= 4 is 24.0 Å². The molecule has 2 aromatic heterocycles. The molecule has 4 aromatic rings. The van der Waals surface area contributed by atoms with Crippen molar-refractivity contribution in [3.05, 3.63) is 70.6 Å². The number of nitrogens with zero attached hydrogens (tertiary/aromatic N) is 4. The number of alkyl carbamates (subject to hydrolysis) is 2. The van der Waals surface area contributed by atoms with Crippen LogP contribution in [-0.2, 0) is 57.8 Å². The molecule has 2 atom stereocenters. The highest BCUT2D eigenvalue weighted by Gasteiger charge is 2.32. The molecule has 0 unspecified atom stereocenters. The third-order valence-corrected chi connectivity index (χ3v) is 11.1. The van der Waals surface area contributed by atoms with Crippen molar-refractivity contribution in [3.63, 3.8) is 0 Å². The fourth-order valence-electron chi connectivity index (χ4n) is 8.22. The molecule has 14 heteroatoms. The summed E-state index contributed by atoms with van der Waals surface area (Å²) in [4.78, 5) is 71.0. The van der Waals surface area contributed by atoms with E-state index in [-0.39, 0.29) is 23.7 Å². The van der Waals surface area contributed by atoms with E-state index in [2.05, 4.69) is 54.8 Å². The van der Waals surface area contributed by atoms with E-state index in [1.54, 1.807) is 9.80 Å². The van der Waals surface area contributed by atoms with Gasteiger partial charge in [-0.2, -0.15) is 0 Å². The number of carbonyl (C=O) groups is 4. The van der Waals surface area contributed by atoms with Crippen LogP contribution in [0.2, 0.25) is 0 Å². The zero-order valence-electron chi connectivity index (χ0n) is 35.1. The molecule has 4 N–H and O–H groups in total. The maximum Gasteiger partial charge on any atom is 0.407 e. The minimum atomic E-state index is -0.705. The molecule has 2 heterocycles. The van der Waals surface area contributed by atoms with Gasteiger partial charge in [0.15, 0.2) is 0 Å². The van der Waals surface area contributed by atoms with Gasteiger partial charge in [0.25, 0.3) is 0 Å². The zero-order valence-corrected chi connectivity index (χ0v) is 35.1. The predicted octanol–water partition coefficient (Wildman–Crippen LogP) is 6.57. The van der Waals surface area contributed by atoms with Gasteiger partial charge in [0, 0.05) is 24.2 Å². The van der Waals surface area contributed by atoms with Crippen molar-refractivity contribution < 1.29 is 28.7 Å². The second kappa shape index (κ2) is 18.3. The molecule has 14 nitrogen and oxygen atoms in total. The van der Waals surface area contributed by atoms with E-state index < -0.39 is 24.3 Å². The normalized spacial score (nSPS) is 13.8. The van der Waals surface area contributed by atoms with Crippen molar-refractivity contribution in [2.24, 2.45) is 11.8 Å². The Kier molecular flexibility index (Phi) is 13.2. The third kappa shape index (κ3) is 9.05. The first-order chi connectivity index (χ1) is 27.8. The minimum absolute atomic E-state index is 0.116. The number of benzene rings is 2. The Hall–Kier alpha value is -5.66. The first-order valence-corrected chi connectivity index (χ1v) is 20.5. The molecule has 58 heavy (non-hydrogen) atoms. The smallest absolute Gasteiger partial charge is 0.407 e. The Morgan fingerprint density at radius 1 is 0.638 bits per heavy atom. The van der Waals surface area contributed by atoms with Crippen LogP contribution < -0.4 is 10.6 Å². The molecule has 2 aromatic carbocycles. The molecular formula is C44H58N8O6. The average molecular weight is 795 g/mol. The maximum absolute atomic E-state index is 13.6. The predicted molar refractivity (Wildman–Crippen MR) is 222 cm³/mol. The van der Waals surface area contributed by atoms with Crippen LogP contribution in [0.1, 0.15) is 88.3 Å². The molecule has 2 aliphatic rings. The molecule has 0 saturated carbocycles. The van der Waals surface area contributed by atoms with Gasteiger partial charge in [-0.25, -0.2) is 19.6 Å². The van der Waals surface area contributed by atoms with E-state index in [9.17, 15) is 19.2 Å². The Bertz CT molecular complexity index is 1940. The topological polar surface area (TPSA) is 175 Å². The summed E-state index contributed by atoms with van der Waals surface area (Å²) in [6.45, 7) is 13.3. The average Bonchev–Trinajstić information content (AvgIpc) is 3.89. The van der Waals surface area contributed by atoms with E-state index >= 15 is 0 Å². The molecule has 0 aliphatic heterocycles. The molecule has 2 aliphatic carbocycles. The zero-order chi connectivity index (χ0) is 41.7. The second-order valence-corrected chi connectivity index (χ2v) is 16.1. The van der Waals surface area contributed by atoms with Crippen molar-refractivity contribution in [2.75, 3.05) is 27.3 Å². The Morgan fingerprint density at radius 3 is 1.28 bits per heavy atom. The SMILES string of the molecule is CCCN(Cc1ncc(-c2cc3c4c(c2)CCc2cc(-c5cnc(CN(CCC)C(=O)[C@@H](NC(=O)OC)C(C)C)[nH]5)cc(c2-4)CC3)[nH]1)C(=O)[C@@H](NC(=O)OC)C(C)C. The summed E-state index contributed by atoms with van der Waals surface area (Å²) in [7, 11) is 2.58. The molecule has 0 saturated heterocycles. The second-order valence-electron chi connectivity index (χ2n) is 16.1. The molecule has 0 spiro atoms. The van der Waals surface area contributed by atoms with Crippen LogP contribution in [0.15, 0.2) is 36.7 Å². The highest BCUT2D eigenvalue weighted by Crippen LogP contribution is 2.45. The van der Waals surface area contributed by atoms with Crippen LogP contribution in [0.3, 0.4) is 0 Å². The summed E-state index contributed by atoms with van der Waals surface area (Å²) < 4.78 is 9.55. The number of amides is 4. The monoisotopic (exact) mass is 794 g/mol. The van der Waals surface area contributed by atoms with Crippen molar-refractivity contribution in [1.82, 2.24) is 40.4 Å². The lowest BCUT2D eigenvalue weighted by atomic mass is 9.74. The molecular weight excluding hydrogens is 737 g/mol. The molecule has 0 radical (unpaired) electrons. The summed E-state index contributed by atoms with van der Waals surface area (Å²) in [5.41, 5.74) is 12.0. The van der Waals surface area contributed by atoms with Crippen molar-refractivity contribution in [3.8, 4) is 33.6 Å². The van der Waals surface area contributed by atoms with Gasteiger partial charge in [0.05, 0.1) is 51.1 Å². The number of aromatic amines is 2. The Balaban J connectivity index is 1.20. The minimum Gasteiger partial charge on any atom is -0.453 e. The number of nitrogens with one attached hydrogen (secondary N) is 4. The lowest BCUT2D eigenvalue weighted by Gasteiger charge is -2.30. The lowest BCUT2D eigenvalue weighted by Crippen LogP contribution is -2.51. The van der Waals surface area contributed by atoms with Crippen LogP contribution in [0.4, 0.5) is 9.59 Å². The van der Waals surface area contributed by atoms with E-state index in [0.717, 1.165) is 61.0 Å². The first kappa shape index (κ1) is 42.0. The number of H-pyrrole nitrogens is 2. The van der Waals surface area contributed by atoms with Gasteiger partial charge in [-0.3, -0.25) is 9.59 Å². The summed E-state index contributed by atoms with van der Waals surface area (Å²) >= 11 is 0. The number of ether oxygens (including phenoxy) is 2. The number of carbonyl (C=O) groups excluding carboxylic acids is 4. The lowest BCUT2D eigenvalue weighted by molar-refractivity contribution is -0.135. The Morgan fingerprint density at radius 2 is 0.983 bits per heavy atom. The number of imidazole rings is 2. The molecule has 0 bridgehead atoms. The quantitative estimate of drug-likeness (QED) is 0.0986. The molecule has 4 amide bonds. The highest BCUT2D eigenvalue weighted by atomic mass is 16.5. The van der Waals surface area contributed by atoms with Crippen molar-refractivity contribution in [2.45, 2.75) is 105 Å². The fraction of sp³-hybridized carbons (Fsp3) is 0.500. The third-order valence-electron chi connectivity index (χ3n) is 11.1. The van der Waals surface area contributed by atoms with E-state index in [1.165, 1.54) is 47.6 Å². The van der Waals surface area contributed by atoms with E-state index in [1.807, 2.05) is 53.9 Å². The van der Waals surface area contributed by atoms with Gasteiger partial charge < -0.3 is 39.9 Å². The number of hydrogen-bond acceptors (Lipinski definition) is 8. The van der Waals surface area contributed by atoms with Crippen LogP contribution in [0, 0.1) is 11.8 Å². The van der Waals surface area contributed by atoms with Gasteiger partial charge in [0.2, 0.25) is 11.8 Å². The summed E-state index contributed by atoms with van der Waals surface area (Å²) in [6.07, 6.45) is 7.62. The molecule has 310 valence electrons. The number of aryl methyl sites for hydroxylation is 4. The summed E-state index contributed by atoms with van der Waals surface area (Å²) in [5, 5.41) is 5.40. The highest BCUT2D eigenvalue weighted by molar-refractivity contribution is 5.87. The van der Waals surface area contributed by atoms with Gasteiger partial charge in [0.1, 0.15) is 23.7 Å². The Labute approximate surface area is 340 Å². The first-order valence-electron chi connectivity index (χ1n) is 20.5. The van der Waals surface area contributed by atoms with Crippen molar-refractivity contribution in [1.29, 1.82) is 0 Å². The largest absolute Gasteiger partial charge is 0.453 e. The molecule has 6 rings (SSSR count). The number of rotatable bonds is 16. The summed E-state index contributed by atoms with van der Waals surface area (Å²) in [5.74, 6) is 0.807. The number of methoxy groups -OCH3 is 2. The van der Waals surface area contributed by atoms with Gasteiger partial charge in [-0.1, -0.05) is 41.5 Å². The van der Waals surface area contributed by atoms with Crippen LogP contribution in [0.5, 0.6) is 0 Å². The van der Waals surface area contributed by atoms with Gasteiger partial charge in [-0.15, -0.1) is 0 Å². The number of hydrogen-bond donors (Lipinski definition) is 4. The van der Waals surface area contributed by atoms with E-state index in [4.69, 9.17) is 9.47 Å². The van der Waals surface area contributed by atoms with Crippen LogP contribution >= 0.6 is 0 Å². The van der Waals surface area contributed by atoms with Gasteiger partial charge in [-0.05, 0) is 108 Å². The van der Waals surface area contributed by atoms with Gasteiger partial charge >= 0.3 is 12.2 Å².